The second-order valence-electron chi connectivity index (χ2n) is 10.0. The molecule has 0 aromatic heterocycles. The van der Waals surface area contributed by atoms with Crippen LogP contribution in [0.25, 0.3) is 11.1 Å². The molecule has 2 aliphatic carbocycles. The third kappa shape index (κ3) is 4.46. The molecule has 5 rings (SSSR count). The van der Waals surface area contributed by atoms with Crippen LogP contribution in [0.5, 0.6) is 0 Å². The van der Waals surface area contributed by atoms with Gasteiger partial charge in [-0.3, -0.25) is 9.59 Å². The SMILES string of the molecule is C[C@H](CC(=N)C1CCC1)N1CCc2cc(-c3ccc(C(=O)NC4CCC4)cc3)ccc2C1=O. The molecule has 1 heterocycles. The van der Waals surface area contributed by atoms with Gasteiger partial charge in [0.25, 0.3) is 11.8 Å². The van der Waals surface area contributed by atoms with Crippen LogP contribution < -0.4 is 5.32 Å². The lowest BCUT2D eigenvalue weighted by atomic mass is 9.79. The van der Waals surface area contributed by atoms with Gasteiger partial charge in [0.05, 0.1) is 0 Å². The number of nitrogens with one attached hydrogen (secondary N) is 2. The average molecular weight is 444 g/mol. The molecule has 2 aromatic carbocycles. The molecule has 0 spiro atoms. The summed E-state index contributed by atoms with van der Waals surface area (Å²) in [6, 6.07) is 14.2. The van der Waals surface area contributed by atoms with Crippen LogP contribution in [0.1, 0.15) is 78.1 Å². The molecule has 0 bridgehead atoms. The fourth-order valence-electron chi connectivity index (χ4n) is 5.09. The van der Waals surface area contributed by atoms with E-state index in [1.807, 2.05) is 41.3 Å². The van der Waals surface area contributed by atoms with E-state index in [1.165, 1.54) is 12.8 Å². The van der Waals surface area contributed by atoms with Gasteiger partial charge < -0.3 is 15.6 Å². The molecule has 2 saturated carbocycles. The highest BCUT2D eigenvalue weighted by Gasteiger charge is 2.31. The maximum atomic E-state index is 13.2. The number of hydrogen-bond acceptors (Lipinski definition) is 3. The Morgan fingerprint density at radius 1 is 1.06 bits per heavy atom. The van der Waals surface area contributed by atoms with Gasteiger partial charge in [0.2, 0.25) is 0 Å². The minimum Gasteiger partial charge on any atom is -0.349 e. The zero-order valence-corrected chi connectivity index (χ0v) is 19.4. The molecule has 3 aliphatic rings. The summed E-state index contributed by atoms with van der Waals surface area (Å²) in [5.41, 5.74) is 5.49. The number of hydrogen-bond donors (Lipinski definition) is 2. The van der Waals surface area contributed by atoms with Crippen LogP contribution in [0.4, 0.5) is 0 Å². The summed E-state index contributed by atoms with van der Waals surface area (Å²) < 4.78 is 0. The van der Waals surface area contributed by atoms with Crippen LogP contribution in [0.2, 0.25) is 0 Å². The molecular formula is C28H33N3O2. The lowest BCUT2D eigenvalue weighted by molar-refractivity contribution is 0.0678. The summed E-state index contributed by atoms with van der Waals surface area (Å²) in [7, 11) is 0. The number of carbonyl (C=O) groups is 2. The Hall–Kier alpha value is -2.95. The van der Waals surface area contributed by atoms with Gasteiger partial charge in [-0.25, -0.2) is 0 Å². The predicted octanol–water partition coefficient (Wildman–Crippen LogP) is 5.23. The Kier molecular flexibility index (Phi) is 6.05. The largest absolute Gasteiger partial charge is 0.349 e. The second kappa shape index (κ2) is 9.12. The molecule has 0 saturated heterocycles. The van der Waals surface area contributed by atoms with Crippen LogP contribution >= 0.6 is 0 Å². The Morgan fingerprint density at radius 2 is 1.76 bits per heavy atom. The number of amides is 2. The zero-order chi connectivity index (χ0) is 22.9. The first-order chi connectivity index (χ1) is 16.0. The number of rotatable bonds is 7. The van der Waals surface area contributed by atoms with Crippen LogP contribution in [0.15, 0.2) is 42.5 Å². The van der Waals surface area contributed by atoms with Gasteiger partial charge in [-0.15, -0.1) is 0 Å². The van der Waals surface area contributed by atoms with Gasteiger partial charge in [0.1, 0.15) is 0 Å². The Balaban J connectivity index is 1.26. The van der Waals surface area contributed by atoms with E-state index in [9.17, 15) is 9.59 Å². The van der Waals surface area contributed by atoms with E-state index < -0.39 is 0 Å². The number of benzene rings is 2. The van der Waals surface area contributed by atoms with Crippen LogP contribution in [-0.2, 0) is 6.42 Å². The maximum Gasteiger partial charge on any atom is 0.254 e. The highest BCUT2D eigenvalue weighted by atomic mass is 16.2. The fourth-order valence-corrected chi connectivity index (χ4v) is 5.09. The molecule has 1 atom stereocenters. The van der Waals surface area contributed by atoms with E-state index in [1.54, 1.807) is 0 Å². The van der Waals surface area contributed by atoms with E-state index in [0.29, 0.717) is 30.5 Å². The summed E-state index contributed by atoms with van der Waals surface area (Å²) >= 11 is 0. The number of carbonyl (C=O) groups excluding carboxylic acids is 2. The zero-order valence-electron chi connectivity index (χ0n) is 19.4. The lowest BCUT2D eigenvalue weighted by Gasteiger charge is -2.36. The Labute approximate surface area is 196 Å². The van der Waals surface area contributed by atoms with E-state index in [2.05, 4.69) is 18.3 Å². The molecule has 2 amide bonds. The van der Waals surface area contributed by atoms with Crippen molar-refractivity contribution in [3.8, 4) is 11.1 Å². The summed E-state index contributed by atoms with van der Waals surface area (Å²) in [4.78, 5) is 27.5. The van der Waals surface area contributed by atoms with Gasteiger partial charge in [-0.05, 0) is 86.3 Å². The molecule has 2 N–H and O–H groups in total. The Morgan fingerprint density at radius 3 is 2.39 bits per heavy atom. The van der Waals surface area contributed by atoms with Crippen LogP contribution in [0, 0.1) is 11.3 Å². The van der Waals surface area contributed by atoms with Crippen molar-refractivity contribution in [2.24, 2.45) is 5.92 Å². The van der Waals surface area contributed by atoms with Crippen LogP contribution in [-0.4, -0.2) is 41.1 Å². The third-order valence-corrected chi connectivity index (χ3v) is 7.78. The van der Waals surface area contributed by atoms with Crippen molar-refractivity contribution in [1.82, 2.24) is 10.2 Å². The normalized spacial score (nSPS) is 19.3. The molecule has 2 aromatic rings. The van der Waals surface area contributed by atoms with E-state index in [-0.39, 0.29) is 17.9 Å². The smallest absolute Gasteiger partial charge is 0.254 e. The third-order valence-electron chi connectivity index (χ3n) is 7.78. The molecule has 0 radical (unpaired) electrons. The van der Waals surface area contributed by atoms with Crippen LogP contribution in [0.3, 0.4) is 0 Å². The fraction of sp³-hybridized carbons (Fsp3) is 0.464. The summed E-state index contributed by atoms with van der Waals surface area (Å²) in [6.07, 6.45) is 8.38. The van der Waals surface area contributed by atoms with Crippen molar-refractivity contribution >= 4 is 17.5 Å². The van der Waals surface area contributed by atoms with Gasteiger partial charge in [0, 0.05) is 41.9 Å². The quantitative estimate of drug-likeness (QED) is 0.575. The van der Waals surface area contributed by atoms with E-state index in [4.69, 9.17) is 5.41 Å². The highest BCUT2D eigenvalue weighted by molar-refractivity contribution is 5.98. The lowest BCUT2D eigenvalue weighted by Crippen LogP contribution is -2.44. The maximum absolute atomic E-state index is 13.2. The van der Waals surface area contributed by atoms with Crippen molar-refractivity contribution in [2.45, 2.75) is 70.4 Å². The average Bonchev–Trinajstić information content (AvgIpc) is 2.75. The topological polar surface area (TPSA) is 73.3 Å². The molecule has 2 fully saturated rings. The first-order valence-electron chi connectivity index (χ1n) is 12.4. The highest BCUT2D eigenvalue weighted by Crippen LogP contribution is 2.31. The van der Waals surface area contributed by atoms with Crippen molar-refractivity contribution in [1.29, 1.82) is 5.41 Å². The van der Waals surface area contributed by atoms with Crippen molar-refractivity contribution in [2.75, 3.05) is 6.54 Å². The molecular weight excluding hydrogens is 410 g/mol. The summed E-state index contributed by atoms with van der Waals surface area (Å²) in [6.45, 7) is 2.78. The predicted molar refractivity (Wildman–Crippen MR) is 131 cm³/mol. The minimum atomic E-state index is 0.00175. The molecule has 5 nitrogen and oxygen atoms in total. The second-order valence-corrected chi connectivity index (χ2v) is 10.0. The molecule has 5 heteroatoms. The van der Waals surface area contributed by atoms with Gasteiger partial charge in [-0.2, -0.15) is 0 Å². The molecule has 33 heavy (non-hydrogen) atoms. The van der Waals surface area contributed by atoms with Gasteiger partial charge in [0.15, 0.2) is 0 Å². The summed E-state index contributed by atoms with van der Waals surface area (Å²) in [5, 5.41) is 11.4. The molecule has 0 unspecified atom stereocenters. The van der Waals surface area contributed by atoms with Gasteiger partial charge in [-0.1, -0.05) is 30.7 Å². The Bertz CT molecular complexity index is 1070. The van der Waals surface area contributed by atoms with Crippen molar-refractivity contribution in [3.63, 3.8) is 0 Å². The molecule has 172 valence electrons. The van der Waals surface area contributed by atoms with E-state index in [0.717, 1.165) is 60.1 Å². The number of nitrogens with zero attached hydrogens (tertiary/aromatic N) is 1. The van der Waals surface area contributed by atoms with Crippen molar-refractivity contribution < 1.29 is 9.59 Å². The number of fused-ring (bicyclic) bond motifs is 1. The molecule has 1 aliphatic heterocycles. The van der Waals surface area contributed by atoms with Gasteiger partial charge >= 0.3 is 0 Å². The summed E-state index contributed by atoms with van der Waals surface area (Å²) in [5.74, 6) is 0.527. The first-order valence-corrected chi connectivity index (χ1v) is 12.4. The van der Waals surface area contributed by atoms with E-state index >= 15 is 0 Å². The standard InChI is InChI=1S/C28H33N3O2/c1-18(16-26(29)20-4-2-5-20)31-15-14-23-17-22(12-13-25(23)28(31)33)19-8-10-21(11-9-19)27(32)30-24-6-3-7-24/h8-13,17-18,20,24,29H,2-7,14-16H2,1H3,(H,30,32)/t18-/m1/s1. The monoisotopic (exact) mass is 443 g/mol. The first kappa shape index (κ1) is 21.9. The minimum absolute atomic E-state index is 0.00175. The van der Waals surface area contributed by atoms with Crippen molar-refractivity contribution in [3.05, 3.63) is 59.2 Å².